The molecular formula is C29H42FN3O4. The number of carbonyl (C=O) groups excluding carboxylic acids is 2. The van der Waals surface area contributed by atoms with Gasteiger partial charge in [0.05, 0.1) is 19.3 Å². The van der Waals surface area contributed by atoms with Crippen molar-refractivity contribution in [2.75, 3.05) is 44.3 Å². The zero-order chi connectivity index (χ0) is 26.0. The maximum Gasteiger partial charge on any atom is 0.408 e. The van der Waals surface area contributed by atoms with E-state index in [0.29, 0.717) is 51.1 Å². The molecule has 2 aliphatic carbocycles. The Labute approximate surface area is 220 Å². The Kier molecular flexibility index (Phi) is 7.93. The normalized spacial score (nSPS) is 23.3. The highest BCUT2D eigenvalue weighted by Crippen LogP contribution is 2.42. The minimum atomic E-state index is -0.754. The lowest BCUT2D eigenvalue weighted by Crippen LogP contribution is -2.50. The number of morpholine rings is 1. The molecule has 0 aromatic heterocycles. The van der Waals surface area contributed by atoms with Gasteiger partial charge < -0.3 is 24.6 Å². The number of alkyl carbamates (subject to hydrolysis) is 1. The first-order chi connectivity index (χ1) is 17.8. The van der Waals surface area contributed by atoms with Crippen molar-refractivity contribution in [1.29, 1.82) is 0 Å². The molecule has 2 saturated carbocycles. The molecule has 1 unspecified atom stereocenters. The van der Waals surface area contributed by atoms with Crippen LogP contribution in [-0.4, -0.2) is 68.4 Å². The Morgan fingerprint density at radius 1 is 1.14 bits per heavy atom. The fourth-order valence-corrected chi connectivity index (χ4v) is 6.41. The maximum atomic E-state index is 14.0. The molecule has 8 heteroatoms. The SMILES string of the molecule is CC1(C)CN(C[C@@H](NC(=O)OC(CC2CCCCC2)C(=O)N2CCOCC2)C2CC2)c2ccc(F)cc21. The van der Waals surface area contributed by atoms with E-state index in [1.54, 1.807) is 11.0 Å². The summed E-state index contributed by atoms with van der Waals surface area (Å²) < 4.78 is 25.3. The minimum absolute atomic E-state index is 0.0758. The fourth-order valence-electron chi connectivity index (χ4n) is 6.41. The van der Waals surface area contributed by atoms with Crippen LogP contribution in [-0.2, 0) is 19.7 Å². The Hall–Kier alpha value is -2.35. The van der Waals surface area contributed by atoms with Crippen LogP contribution in [0.1, 0.15) is 70.8 Å². The third-order valence-corrected chi connectivity index (χ3v) is 8.65. The number of halogens is 1. The van der Waals surface area contributed by atoms with E-state index in [4.69, 9.17) is 9.47 Å². The molecule has 4 aliphatic rings. The van der Waals surface area contributed by atoms with E-state index >= 15 is 0 Å². The molecule has 1 aromatic carbocycles. The van der Waals surface area contributed by atoms with Gasteiger partial charge in [0.2, 0.25) is 0 Å². The van der Waals surface area contributed by atoms with E-state index in [2.05, 4.69) is 24.1 Å². The van der Waals surface area contributed by atoms with Crippen molar-refractivity contribution in [3.63, 3.8) is 0 Å². The predicted octanol–water partition coefficient (Wildman–Crippen LogP) is 4.63. The first-order valence-corrected chi connectivity index (χ1v) is 14.2. The average molecular weight is 516 g/mol. The summed E-state index contributed by atoms with van der Waals surface area (Å²) in [6.07, 6.45) is 7.25. The van der Waals surface area contributed by atoms with E-state index in [1.807, 2.05) is 6.07 Å². The van der Waals surface area contributed by atoms with E-state index in [9.17, 15) is 14.0 Å². The molecule has 1 aromatic rings. The molecule has 204 valence electrons. The van der Waals surface area contributed by atoms with Gasteiger partial charge in [-0.2, -0.15) is 0 Å². The van der Waals surface area contributed by atoms with Gasteiger partial charge in [-0.05, 0) is 54.9 Å². The van der Waals surface area contributed by atoms with Crippen LogP contribution in [0, 0.1) is 17.7 Å². The Balaban J connectivity index is 1.25. The highest BCUT2D eigenvalue weighted by Gasteiger charge is 2.40. The molecule has 7 nitrogen and oxygen atoms in total. The summed E-state index contributed by atoms with van der Waals surface area (Å²) in [7, 11) is 0. The van der Waals surface area contributed by atoms with Crippen molar-refractivity contribution in [2.45, 2.75) is 82.8 Å². The van der Waals surface area contributed by atoms with Crippen molar-refractivity contribution in [2.24, 2.45) is 11.8 Å². The van der Waals surface area contributed by atoms with Gasteiger partial charge in [-0.1, -0.05) is 46.0 Å². The number of anilines is 1. The van der Waals surface area contributed by atoms with Gasteiger partial charge >= 0.3 is 6.09 Å². The molecule has 37 heavy (non-hydrogen) atoms. The zero-order valence-corrected chi connectivity index (χ0v) is 22.3. The van der Waals surface area contributed by atoms with Crippen LogP contribution in [0.3, 0.4) is 0 Å². The van der Waals surface area contributed by atoms with Crippen molar-refractivity contribution >= 4 is 17.7 Å². The second-order valence-electron chi connectivity index (χ2n) is 12.1. The second kappa shape index (κ2) is 11.2. The molecule has 2 atom stereocenters. The number of benzene rings is 1. The van der Waals surface area contributed by atoms with Gasteiger partial charge in [0.1, 0.15) is 5.82 Å². The molecule has 3 fully saturated rings. The standard InChI is InChI=1S/C29H42FN3O4/c1-29(2)19-33(25-11-10-22(30)17-23(25)29)18-24(21-8-9-21)31-28(35)37-26(16-20-6-4-3-5-7-20)27(34)32-12-14-36-15-13-32/h10-11,17,20-21,24,26H,3-9,12-16,18-19H2,1-2H3,(H,31,35)/t24-,26?/m1/s1. The number of nitrogens with one attached hydrogen (secondary N) is 1. The molecule has 0 radical (unpaired) electrons. The lowest BCUT2D eigenvalue weighted by Gasteiger charge is -2.33. The number of hydrogen-bond donors (Lipinski definition) is 1. The van der Waals surface area contributed by atoms with Crippen LogP contribution in [0.25, 0.3) is 0 Å². The molecule has 2 aliphatic heterocycles. The summed E-state index contributed by atoms with van der Waals surface area (Å²) >= 11 is 0. The number of ether oxygens (including phenoxy) is 2. The highest BCUT2D eigenvalue weighted by molar-refractivity contribution is 5.83. The number of nitrogens with zero attached hydrogens (tertiary/aromatic N) is 2. The van der Waals surface area contributed by atoms with Crippen LogP contribution >= 0.6 is 0 Å². The van der Waals surface area contributed by atoms with Gasteiger partial charge in [0.25, 0.3) is 5.91 Å². The predicted molar refractivity (Wildman–Crippen MR) is 140 cm³/mol. The first kappa shape index (κ1) is 26.3. The van der Waals surface area contributed by atoms with E-state index in [1.165, 1.54) is 25.3 Å². The van der Waals surface area contributed by atoms with Gasteiger partial charge in [-0.3, -0.25) is 4.79 Å². The largest absolute Gasteiger partial charge is 0.436 e. The van der Waals surface area contributed by atoms with Crippen molar-refractivity contribution in [3.05, 3.63) is 29.6 Å². The summed E-state index contributed by atoms with van der Waals surface area (Å²) in [5.74, 6) is 0.499. The van der Waals surface area contributed by atoms with E-state index in [0.717, 1.165) is 43.5 Å². The molecule has 1 saturated heterocycles. The highest BCUT2D eigenvalue weighted by atomic mass is 19.1. The number of rotatable bonds is 8. The molecule has 5 rings (SSSR count). The van der Waals surface area contributed by atoms with E-state index < -0.39 is 12.2 Å². The molecule has 0 spiro atoms. The first-order valence-electron chi connectivity index (χ1n) is 14.2. The van der Waals surface area contributed by atoms with Crippen LogP contribution in [0.15, 0.2) is 18.2 Å². The van der Waals surface area contributed by atoms with Crippen molar-refractivity contribution in [3.8, 4) is 0 Å². The van der Waals surface area contributed by atoms with Gasteiger partial charge in [-0.25, -0.2) is 9.18 Å². The quantitative estimate of drug-likeness (QED) is 0.547. The topological polar surface area (TPSA) is 71.1 Å². The number of hydrogen-bond acceptors (Lipinski definition) is 5. The van der Waals surface area contributed by atoms with Crippen LogP contribution in [0.4, 0.5) is 14.9 Å². The number of amides is 2. The fraction of sp³-hybridized carbons (Fsp3) is 0.724. The van der Waals surface area contributed by atoms with Crippen LogP contribution in [0.2, 0.25) is 0 Å². The molecular weight excluding hydrogens is 473 g/mol. The Bertz CT molecular complexity index is 970. The lowest BCUT2D eigenvalue weighted by molar-refractivity contribution is -0.145. The average Bonchev–Trinajstić information content (AvgIpc) is 3.70. The monoisotopic (exact) mass is 515 g/mol. The van der Waals surface area contributed by atoms with Gasteiger partial charge in [0.15, 0.2) is 6.10 Å². The van der Waals surface area contributed by atoms with Crippen molar-refractivity contribution in [1.82, 2.24) is 10.2 Å². The third-order valence-electron chi connectivity index (χ3n) is 8.65. The Morgan fingerprint density at radius 2 is 1.86 bits per heavy atom. The molecule has 2 amide bonds. The van der Waals surface area contributed by atoms with Crippen LogP contribution < -0.4 is 10.2 Å². The van der Waals surface area contributed by atoms with Crippen LogP contribution in [0.5, 0.6) is 0 Å². The Morgan fingerprint density at radius 3 is 2.57 bits per heavy atom. The number of carbonyl (C=O) groups is 2. The number of fused-ring (bicyclic) bond motifs is 1. The lowest BCUT2D eigenvalue weighted by atomic mass is 9.85. The molecule has 0 bridgehead atoms. The minimum Gasteiger partial charge on any atom is -0.436 e. The molecule has 1 N–H and O–H groups in total. The summed E-state index contributed by atoms with van der Waals surface area (Å²) in [6.45, 7) is 7.81. The zero-order valence-electron chi connectivity index (χ0n) is 22.3. The van der Waals surface area contributed by atoms with Gasteiger partial charge in [0, 0.05) is 37.3 Å². The van der Waals surface area contributed by atoms with E-state index in [-0.39, 0.29) is 23.2 Å². The smallest absolute Gasteiger partial charge is 0.408 e. The van der Waals surface area contributed by atoms with Crippen molar-refractivity contribution < 1.29 is 23.5 Å². The summed E-state index contributed by atoms with van der Waals surface area (Å²) in [6, 6.07) is 4.92. The second-order valence-corrected chi connectivity index (χ2v) is 12.1. The summed E-state index contributed by atoms with van der Waals surface area (Å²) in [5.41, 5.74) is 1.87. The summed E-state index contributed by atoms with van der Waals surface area (Å²) in [5, 5.41) is 3.13. The third kappa shape index (κ3) is 6.39. The molecule has 2 heterocycles. The van der Waals surface area contributed by atoms with Gasteiger partial charge in [-0.15, -0.1) is 0 Å². The summed E-state index contributed by atoms with van der Waals surface area (Å²) in [4.78, 5) is 30.6. The maximum absolute atomic E-state index is 14.0.